The van der Waals surface area contributed by atoms with Crippen LogP contribution >= 0.6 is 0 Å². The molecule has 0 aromatic rings. The summed E-state index contributed by atoms with van der Waals surface area (Å²) in [5.41, 5.74) is 0.286. The molecule has 6 nitrogen and oxygen atoms in total. The zero-order valence-electron chi connectivity index (χ0n) is 15.4. The van der Waals surface area contributed by atoms with Crippen molar-refractivity contribution in [2.24, 2.45) is 5.41 Å². The van der Waals surface area contributed by atoms with Crippen molar-refractivity contribution in [3.63, 3.8) is 0 Å². The predicted molar refractivity (Wildman–Crippen MR) is 94.1 cm³/mol. The maximum Gasteiger partial charge on any atom is 0.307 e. The number of ether oxygens (including phenoxy) is 2. The number of carbonyl (C=O) groups excluding carboxylic acids is 4. The molecule has 2 aliphatic rings. The second-order valence-corrected chi connectivity index (χ2v) is 7.04. The molecule has 1 aliphatic heterocycles. The molecule has 1 spiro atoms. The van der Waals surface area contributed by atoms with Crippen molar-refractivity contribution in [1.29, 1.82) is 0 Å². The highest BCUT2D eigenvalue weighted by atomic mass is 16.6. The highest BCUT2D eigenvalue weighted by Gasteiger charge is 2.55. The van der Waals surface area contributed by atoms with Gasteiger partial charge in [0.2, 0.25) is 0 Å². The Balaban J connectivity index is 2.20. The van der Waals surface area contributed by atoms with Crippen molar-refractivity contribution in [3.8, 4) is 0 Å². The topological polar surface area (TPSA) is 86.7 Å². The van der Waals surface area contributed by atoms with Gasteiger partial charge < -0.3 is 9.47 Å². The number of hydrogen-bond acceptors (Lipinski definition) is 6. The molecule has 3 atom stereocenters. The number of allylic oxidation sites excluding steroid dienone is 3. The molecule has 26 heavy (non-hydrogen) atoms. The number of rotatable bonds is 6. The molecule has 0 saturated carbocycles. The van der Waals surface area contributed by atoms with Gasteiger partial charge in [-0.15, -0.1) is 0 Å². The van der Waals surface area contributed by atoms with Crippen molar-refractivity contribution < 1.29 is 28.7 Å². The molecule has 0 amide bonds. The van der Waals surface area contributed by atoms with Crippen LogP contribution in [0.1, 0.15) is 46.5 Å². The standard InChI is InChI=1S/C20H24O6/c1-12(2)16(22)7-5-13(3)9-18-20(11-19(24)26-18)10-15(25-14(4)21)6-8-17(20)23/h6,8-9,15,18H,1,5,7,10-11H2,2-4H3/b13-9+/t15-,18-,20?/m1/s1. The van der Waals surface area contributed by atoms with E-state index in [-0.39, 0.29) is 24.4 Å². The zero-order chi connectivity index (χ0) is 19.5. The van der Waals surface area contributed by atoms with Crippen molar-refractivity contribution in [2.75, 3.05) is 0 Å². The molecule has 0 bridgehead atoms. The summed E-state index contributed by atoms with van der Waals surface area (Å²) in [6.45, 7) is 8.42. The van der Waals surface area contributed by atoms with E-state index in [2.05, 4.69) is 6.58 Å². The molecular weight excluding hydrogens is 336 g/mol. The number of carbonyl (C=O) groups is 4. The maximum absolute atomic E-state index is 12.6. The summed E-state index contributed by atoms with van der Waals surface area (Å²) >= 11 is 0. The van der Waals surface area contributed by atoms with Gasteiger partial charge in [-0.05, 0) is 44.1 Å². The van der Waals surface area contributed by atoms with Crippen LogP contribution in [0, 0.1) is 5.41 Å². The lowest BCUT2D eigenvalue weighted by Gasteiger charge is -2.34. The van der Waals surface area contributed by atoms with E-state index < -0.39 is 29.6 Å². The molecule has 1 heterocycles. The largest absolute Gasteiger partial charge is 0.458 e. The Hall–Kier alpha value is -2.50. The fourth-order valence-corrected chi connectivity index (χ4v) is 3.31. The quantitative estimate of drug-likeness (QED) is 0.411. The van der Waals surface area contributed by atoms with Crippen LogP contribution in [0.5, 0.6) is 0 Å². The zero-order valence-corrected chi connectivity index (χ0v) is 15.4. The highest BCUT2D eigenvalue weighted by Crippen LogP contribution is 2.45. The molecule has 1 unspecified atom stereocenters. The van der Waals surface area contributed by atoms with E-state index >= 15 is 0 Å². The Kier molecular flexibility index (Phi) is 5.95. The van der Waals surface area contributed by atoms with Gasteiger partial charge in [0.05, 0.1) is 11.8 Å². The van der Waals surface area contributed by atoms with Crippen LogP contribution in [0.3, 0.4) is 0 Å². The molecule has 0 radical (unpaired) electrons. The molecule has 0 aromatic heterocycles. The molecule has 6 heteroatoms. The van der Waals surface area contributed by atoms with Crippen LogP contribution in [0.4, 0.5) is 0 Å². The van der Waals surface area contributed by atoms with Gasteiger partial charge >= 0.3 is 11.9 Å². The fraction of sp³-hybridized carbons (Fsp3) is 0.500. The summed E-state index contributed by atoms with van der Waals surface area (Å²) in [5.74, 6) is -1.14. The van der Waals surface area contributed by atoms with E-state index in [1.807, 2.05) is 6.92 Å². The molecule has 1 fully saturated rings. The predicted octanol–water partition coefficient (Wildman–Crippen LogP) is 2.62. The van der Waals surface area contributed by atoms with Crippen molar-refractivity contribution in [1.82, 2.24) is 0 Å². The summed E-state index contributed by atoms with van der Waals surface area (Å²) in [7, 11) is 0. The average molecular weight is 360 g/mol. The fourth-order valence-electron chi connectivity index (χ4n) is 3.31. The first-order valence-corrected chi connectivity index (χ1v) is 8.59. The molecule has 140 valence electrons. The summed E-state index contributed by atoms with van der Waals surface area (Å²) in [6.07, 6.45) is 4.30. The van der Waals surface area contributed by atoms with Crippen molar-refractivity contribution in [2.45, 2.75) is 58.7 Å². The normalized spacial score (nSPS) is 28.2. The average Bonchev–Trinajstić information content (AvgIpc) is 2.84. The van der Waals surface area contributed by atoms with Crippen LogP contribution in [-0.2, 0) is 28.7 Å². The van der Waals surface area contributed by atoms with Crippen molar-refractivity contribution in [3.05, 3.63) is 36.0 Å². The van der Waals surface area contributed by atoms with Gasteiger partial charge in [0.25, 0.3) is 0 Å². The van der Waals surface area contributed by atoms with Gasteiger partial charge in [-0.3, -0.25) is 19.2 Å². The molecular formula is C20H24O6. The molecule has 2 rings (SSSR count). The highest BCUT2D eigenvalue weighted by molar-refractivity contribution is 6.00. The summed E-state index contributed by atoms with van der Waals surface area (Å²) in [4.78, 5) is 47.5. The van der Waals surface area contributed by atoms with Gasteiger partial charge in [0.1, 0.15) is 12.2 Å². The lowest BCUT2D eigenvalue weighted by atomic mass is 9.69. The molecule has 0 N–H and O–H groups in total. The van der Waals surface area contributed by atoms with Crippen LogP contribution in [0.2, 0.25) is 0 Å². The minimum Gasteiger partial charge on any atom is -0.458 e. The van der Waals surface area contributed by atoms with Gasteiger partial charge in [0.15, 0.2) is 11.6 Å². The van der Waals surface area contributed by atoms with Crippen LogP contribution in [-0.4, -0.2) is 35.7 Å². The van der Waals surface area contributed by atoms with Crippen molar-refractivity contribution >= 4 is 23.5 Å². The number of hydrogen-bond donors (Lipinski definition) is 0. The number of esters is 2. The first-order valence-electron chi connectivity index (χ1n) is 8.59. The molecule has 1 saturated heterocycles. The monoisotopic (exact) mass is 360 g/mol. The SMILES string of the molecule is C=C(C)C(=O)CC/C(C)=C/[C@H]1OC(=O)CC12C[C@H](OC(C)=O)C=CC2=O. The van der Waals surface area contributed by atoms with E-state index in [0.717, 1.165) is 5.57 Å². The van der Waals surface area contributed by atoms with Crippen LogP contribution in [0.15, 0.2) is 36.0 Å². The van der Waals surface area contributed by atoms with E-state index in [4.69, 9.17) is 9.47 Å². The number of cyclic esters (lactones) is 1. The lowest BCUT2D eigenvalue weighted by molar-refractivity contribution is -0.148. The van der Waals surface area contributed by atoms with E-state index in [1.165, 1.54) is 19.1 Å². The van der Waals surface area contributed by atoms with E-state index in [0.29, 0.717) is 18.4 Å². The Morgan fingerprint density at radius 2 is 2.00 bits per heavy atom. The first kappa shape index (κ1) is 19.8. The molecule has 0 aromatic carbocycles. The number of ketones is 2. The van der Waals surface area contributed by atoms with Gasteiger partial charge in [0, 0.05) is 19.8 Å². The second-order valence-electron chi connectivity index (χ2n) is 7.04. The summed E-state index contributed by atoms with van der Waals surface area (Å²) in [5, 5.41) is 0. The van der Waals surface area contributed by atoms with E-state index in [9.17, 15) is 19.2 Å². The first-order chi connectivity index (χ1) is 12.1. The van der Waals surface area contributed by atoms with E-state index in [1.54, 1.807) is 13.0 Å². The van der Waals surface area contributed by atoms with Gasteiger partial charge in [-0.2, -0.15) is 0 Å². The second kappa shape index (κ2) is 7.81. The Morgan fingerprint density at radius 1 is 1.31 bits per heavy atom. The molecule has 1 aliphatic carbocycles. The number of Topliss-reactive ketones (excluding diaryl/α,β-unsaturated/α-hetero) is 1. The summed E-state index contributed by atoms with van der Waals surface area (Å²) < 4.78 is 10.6. The lowest BCUT2D eigenvalue weighted by Crippen LogP contribution is -2.43. The Labute approximate surface area is 152 Å². The maximum atomic E-state index is 12.6. The third-order valence-corrected chi connectivity index (χ3v) is 4.76. The summed E-state index contributed by atoms with van der Waals surface area (Å²) in [6, 6.07) is 0. The van der Waals surface area contributed by atoms with Gasteiger partial charge in [-0.1, -0.05) is 12.2 Å². The third kappa shape index (κ3) is 4.36. The van der Waals surface area contributed by atoms with Crippen LogP contribution < -0.4 is 0 Å². The van der Waals surface area contributed by atoms with Crippen LogP contribution in [0.25, 0.3) is 0 Å². The minimum atomic E-state index is -1.06. The smallest absolute Gasteiger partial charge is 0.307 e. The Morgan fingerprint density at radius 3 is 2.62 bits per heavy atom. The Bertz CT molecular complexity index is 714. The third-order valence-electron chi connectivity index (χ3n) is 4.76. The minimum absolute atomic E-state index is 0.0255. The van der Waals surface area contributed by atoms with Gasteiger partial charge in [-0.25, -0.2) is 0 Å².